The lowest BCUT2D eigenvalue weighted by molar-refractivity contribution is -0.709. The van der Waals surface area contributed by atoms with E-state index in [4.69, 9.17) is 0 Å². The highest BCUT2D eigenvalue weighted by Gasteiger charge is 2.11. The van der Waals surface area contributed by atoms with Gasteiger partial charge in [-0.1, -0.05) is 12.1 Å². The SMILES string of the molecule is O=c1cc([O-])[n+](Cc2ccccn2)c2ccccn12. The summed E-state index contributed by atoms with van der Waals surface area (Å²) in [6, 6.07) is 11.9. The Morgan fingerprint density at radius 3 is 2.84 bits per heavy atom. The second-order valence-corrected chi connectivity index (χ2v) is 4.16. The summed E-state index contributed by atoms with van der Waals surface area (Å²) in [5.41, 5.74) is 1.01. The van der Waals surface area contributed by atoms with Crippen molar-refractivity contribution in [1.82, 2.24) is 9.38 Å². The van der Waals surface area contributed by atoms with Gasteiger partial charge in [0.1, 0.15) is 6.54 Å². The van der Waals surface area contributed by atoms with Crippen LogP contribution in [0, 0.1) is 0 Å². The molecule has 0 radical (unpaired) electrons. The molecule has 0 bridgehead atoms. The third kappa shape index (κ3) is 2.06. The Hall–Kier alpha value is -2.69. The molecule has 3 aromatic rings. The van der Waals surface area contributed by atoms with Crippen molar-refractivity contribution in [2.24, 2.45) is 0 Å². The van der Waals surface area contributed by atoms with Gasteiger partial charge in [0, 0.05) is 12.3 Å². The second kappa shape index (κ2) is 4.53. The van der Waals surface area contributed by atoms with Crippen LogP contribution in [0.25, 0.3) is 5.65 Å². The molecule has 94 valence electrons. The highest BCUT2D eigenvalue weighted by atomic mass is 16.3. The number of aromatic nitrogens is 3. The zero-order valence-corrected chi connectivity index (χ0v) is 10.1. The van der Waals surface area contributed by atoms with Crippen molar-refractivity contribution < 1.29 is 9.67 Å². The molecule has 0 saturated heterocycles. The second-order valence-electron chi connectivity index (χ2n) is 4.16. The van der Waals surface area contributed by atoms with Gasteiger partial charge in [-0.2, -0.15) is 4.40 Å². The summed E-state index contributed by atoms with van der Waals surface area (Å²) < 4.78 is 2.98. The van der Waals surface area contributed by atoms with Gasteiger partial charge < -0.3 is 5.11 Å². The van der Waals surface area contributed by atoms with E-state index in [0.717, 1.165) is 11.8 Å². The molecular formula is C14H11N3O2. The van der Waals surface area contributed by atoms with Crippen LogP contribution in [0.5, 0.6) is 5.88 Å². The summed E-state index contributed by atoms with van der Waals surface area (Å²) >= 11 is 0. The standard InChI is InChI=1S/C14H11N3O2/c18-13-9-14(19)17(10-11-5-1-3-7-15-11)12-6-2-4-8-16(12)13/h1-9H,10H2. The quantitative estimate of drug-likeness (QED) is 0.609. The molecule has 0 aromatic carbocycles. The number of hydrogen-bond donors (Lipinski definition) is 0. The normalized spacial score (nSPS) is 10.7. The van der Waals surface area contributed by atoms with E-state index < -0.39 is 0 Å². The predicted molar refractivity (Wildman–Crippen MR) is 66.6 cm³/mol. The largest absolute Gasteiger partial charge is 0.842 e. The Labute approximate surface area is 109 Å². The molecule has 0 amide bonds. The van der Waals surface area contributed by atoms with Gasteiger partial charge in [0.05, 0.1) is 23.8 Å². The molecule has 0 aliphatic carbocycles. The lowest BCUT2D eigenvalue weighted by Crippen LogP contribution is -2.43. The topological polar surface area (TPSA) is 61.3 Å². The molecule has 5 heteroatoms. The molecule has 0 atom stereocenters. The van der Waals surface area contributed by atoms with Crippen molar-refractivity contribution in [3.63, 3.8) is 0 Å². The van der Waals surface area contributed by atoms with Crippen LogP contribution in [-0.2, 0) is 6.54 Å². The summed E-state index contributed by atoms with van der Waals surface area (Å²) in [5.74, 6) is -0.318. The minimum atomic E-state index is -0.321. The van der Waals surface area contributed by atoms with Crippen LogP contribution in [0.2, 0.25) is 0 Å². The van der Waals surface area contributed by atoms with Crippen LogP contribution in [-0.4, -0.2) is 9.38 Å². The molecule has 3 aromatic heterocycles. The monoisotopic (exact) mass is 253 g/mol. The molecule has 0 spiro atoms. The van der Waals surface area contributed by atoms with E-state index in [9.17, 15) is 9.90 Å². The van der Waals surface area contributed by atoms with Crippen LogP contribution >= 0.6 is 0 Å². The van der Waals surface area contributed by atoms with Gasteiger partial charge in [0.2, 0.25) is 0 Å². The van der Waals surface area contributed by atoms with Gasteiger partial charge in [0.15, 0.2) is 0 Å². The van der Waals surface area contributed by atoms with E-state index in [1.54, 1.807) is 30.6 Å². The van der Waals surface area contributed by atoms with Crippen molar-refractivity contribution >= 4 is 5.65 Å². The first-order valence-electron chi connectivity index (χ1n) is 5.87. The number of nitrogens with zero attached hydrogens (tertiary/aromatic N) is 3. The van der Waals surface area contributed by atoms with Crippen LogP contribution in [0.1, 0.15) is 5.69 Å². The average Bonchev–Trinajstić information content (AvgIpc) is 2.45. The summed E-state index contributed by atoms with van der Waals surface area (Å²) in [5, 5.41) is 12.0. The molecular weight excluding hydrogens is 242 g/mol. The van der Waals surface area contributed by atoms with Crippen molar-refractivity contribution in [2.45, 2.75) is 6.54 Å². The van der Waals surface area contributed by atoms with Gasteiger partial charge >= 0.3 is 5.56 Å². The number of fused-ring (bicyclic) bond motifs is 1. The fraction of sp³-hybridized carbons (Fsp3) is 0.0714. The minimum Gasteiger partial charge on any atom is -0.842 e. The van der Waals surface area contributed by atoms with E-state index in [1.165, 1.54) is 8.97 Å². The van der Waals surface area contributed by atoms with Crippen LogP contribution < -0.4 is 15.2 Å². The molecule has 0 aliphatic heterocycles. The molecule has 0 unspecified atom stereocenters. The zero-order chi connectivity index (χ0) is 13.2. The predicted octanol–water partition coefficient (Wildman–Crippen LogP) is 0.104. The molecule has 0 saturated carbocycles. The average molecular weight is 253 g/mol. The Balaban J connectivity index is 2.21. The number of pyridine rings is 2. The maximum absolute atomic E-state index is 12.0. The maximum Gasteiger partial charge on any atom is 0.341 e. The summed E-state index contributed by atoms with van der Waals surface area (Å²) in [6.07, 6.45) is 3.32. The first kappa shape index (κ1) is 11.4. The third-order valence-electron chi connectivity index (χ3n) is 2.91. The van der Waals surface area contributed by atoms with Gasteiger partial charge in [-0.05, 0) is 18.2 Å². The lowest BCUT2D eigenvalue weighted by Gasteiger charge is -2.11. The van der Waals surface area contributed by atoms with Gasteiger partial charge in [-0.25, -0.2) is 9.36 Å². The Kier molecular flexibility index (Phi) is 2.72. The van der Waals surface area contributed by atoms with E-state index >= 15 is 0 Å². The van der Waals surface area contributed by atoms with Crippen molar-refractivity contribution in [3.8, 4) is 5.88 Å². The molecule has 19 heavy (non-hydrogen) atoms. The van der Waals surface area contributed by atoms with E-state index in [0.29, 0.717) is 12.2 Å². The van der Waals surface area contributed by atoms with E-state index in [1.807, 2.05) is 18.2 Å². The molecule has 0 aliphatic rings. The molecule has 5 nitrogen and oxygen atoms in total. The number of hydrogen-bond acceptors (Lipinski definition) is 3. The van der Waals surface area contributed by atoms with Gasteiger partial charge in [-0.3, -0.25) is 4.98 Å². The van der Waals surface area contributed by atoms with Crippen molar-refractivity contribution in [1.29, 1.82) is 0 Å². The summed E-state index contributed by atoms with van der Waals surface area (Å²) in [7, 11) is 0. The summed E-state index contributed by atoms with van der Waals surface area (Å²) in [4.78, 5) is 15.9. The van der Waals surface area contributed by atoms with Gasteiger partial charge in [0.25, 0.3) is 5.65 Å². The van der Waals surface area contributed by atoms with Crippen molar-refractivity contribution in [2.75, 3.05) is 0 Å². The Bertz CT molecular complexity index is 782. The smallest absolute Gasteiger partial charge is 0.341 e. The molecule has 3 rings (SSSR count). The van der Waals surface area contributed by atoms with Gasteiger partial charge in [-0.15, -0.1) is 0 Å². The fourth-order valence-electron chi connectivity index (χ4n) is 2.02. The van der Waals surface area contributed by atoms with E-state index in [-0.39, 0.29) is 11.4 Å². The number of rotatable bonds is 2. The van der Waals surface area contributed by atoms with Crippen molar-refractivity contribution in [3.05, 3.63) is 70.9 Å². The third-order valence-corrected chi connectivity index (χ3v) is 2.91. The highest BCUT2D eigenvalue weighted by Crippen LogP contribution is 2.01. The van der Waals surface area contributed by atoms with Crippen LogP contribution in [0.4, 0.5) is 0 Å². The maximum atomic E-state index is 12.0. The highest BCUT2D eigenvalue weighted by molar-refractivity contribution is 5.32. The minimum absolute atomic E-state index is 0.318. The van der Waals surface area contributed by atoms with Crippen LogP contribution in [0.15, 0.2) is 59.7 Å². The molecule has 3 heterocycles. The first-order chi connectivity index (χ1) is 9.25. The zero-order valence-electron chi connectivity index (χ0n) is 10.1. The Morgan fingerprint density at radius 2 is 2.05 bits per heavy atom. The fourth-order valence-corrected chi connectivity index (χ4v) is 2.02. The summed E-state index contributed by atoms with van der Waals surface area (Å²) in [6.45, 7) is 0.341. The first-order valence-corrected chi connectivity index (χ1v) is 5.87. The van der Waals surface area contributed by atoms with Crippen LogP contribution in [0.3, 0.4) is 0 Å². The lowest BCUT2D eigenvalue weighted by atomic mass is 10.3. The molecule has 0 N–H and O–H groups in total. The Morgan fingerprint density at radius 1 is 1.21 bits per heavy atom. The van der Waals surface area contributed by atoms with E-state index in [2.05, 4.69) is 4.98 Å². The molecule has 0 fully saturated rings.